The second-order valence-corrected chi connectivity index (χ2v) is 6.85. The molecule has 7 heteroatoms. The predicted molar refractivity (Wildman–Crippen MR) is 106 cm³/mol. The molecule has 0 saturated carbocycles. The Bertz CT molecular complexity index is 1310. The summed E-state index contributed by atoms with van der Waals surface area (Å²) in [6.07, 6.45) is 1.61. The van der Waals surface area contributed by atoms with Crippen LogP contribution in [0.2, 0.25) is 0 Å². The molecule has 0 fully saturated rings. The zero-order valence-electron chi connectivity index (χ0n) is 15.0. The van der Waals surface area contributed by atoms with Crippen molar-refractivity contribution < 1.29 is 4.42 Å². The third kappa shape index (κ3) is 2.22. The molecule has 3 aromatic heterocycles. The summed E-state index contributed by atoms with van der Waals surface area (Å²) in [6.45, 7) is 2.22. The van der Waals surface area contributed by atoms with Crippen LogP contribution >= 0.6 is 0 Å². The lowest BCUT2D eigenvalue weighted by Gasteiger charge is -2.28. The van der Waals surface area contributed by atoms with Gasteiger partial charge in [-0.15, -0.1) is 10.2 Å². The molecule has 0 spiro atoms. The zero-order chi connectivity index (χ0) is 18.5. The molecular weight excluding hydrogens is 352 g/mol. The maximum Gasteiger partial charge on any atom is 0.196 e. The molecule has 7 nitrogen and oxygen atoms in total. The van der Waals surface area contributed by atoms with Gasteiger partial charge in [-0.1, -0.05) is 42.5 Å². The Morgan fingerprint density at radius 1 is 0.857 bits per heavy atom. The van der Waals surface area contributed by atoms with Gasteiger partial charge in [0.25, 0.3) is 0 Å². The molecule has 1 aliphatic rings. The van der Waals surface area contributed by atoms with Gasteiger partial charge in [0, 0.05) is 24.0 Å². The first kappa shape index (κ1) is 15.3. The second kappa shape index (κ2) is 5.88. The molecule has 0 aliphatic carbocycles. The van der Waals surface area contributed by atoms with Crippen molar-refractivity contribution in [1.29, 1.82) is 0 Å². The highest BCUT2D eigenvalue weighted by atomic mass is 16.3. The number of para-hydroxylation sites is 1. The fourth-order valence-electron chi connectivity index (χ4n) is 3.88. The maximum atomic E-state index is 6.09. The van der Waals surface area contributed by atoms with Crippen molar-refractivity contribution in [2.45, 2.75) is 13.1 Å². The van der Waals surface area contributed by atoms with Gasteiger partial charge in [-0.2, -0.15) is 0 Å². The molecule has 0 saturated heterocycles. The lowest BCUT2D eigenvalue weighted by Crippen LogP contribution is -2.34. The number of hydrogen-bond donors (Lipinski definition) is 0. The van der Waals surface area contributed by atoms with E-state index in [0.717, 1.165) is 58.2 Å². The van der Waals surface area contributed by atoms with Gasteiger partial charge in [-0.25, -0.2) is 9.97 Å². The van der Waals surface area contributed by atoms with Gasteiger partial charge < -0.3 is 13.9 Å². The number of aromatic nitrogens is 5. The number of rotatable bonds is 2. The van der Waals surface area contributed by atoms with Gasteiger partial charge in [-0.3, -0.25) is 0 Å². The topological polar surface area (TPSA) is 72.9 Å². The van der Waals surface area contributed by atoms with Gasteiger partial charge >= 0.3 is 0 Å². The summed E-state index contributed by atoms with van der Waals surface area (Å²) in [7, 11) is 0. The van der Waals surface area contributed by atoms with E-state index in [1.54, 1.807) is 6.33 Å². The molecular formula is C21H16N6O. The van der Waals surface area contributed by atoms with E-state index in [-0.39, 0.29) is 0 Å². The third-order valence-corrected chi connectivity index (χ3v) is 5.22. The van der Waals surface area contributed by atoms with Crippen molar-refractivity contribution >= 4 is 27.9 Å². The average molecular weight is 368 g/mol. The summed E-state index contributed by atoms with van der Waals surface area (Å²) in [6, 6.07) is 18.1. The Labute approximate surface area is 160 Å². The van der Waals surface area contributed by atoms with Crippen molar-refractivity contribution in [3.05, 3.63) is 66.7 Å². The van der Waals surface area contributed by atoms with Crippen LogP contribution in [0.25, 0.3) is 33.5 Å². The molecule has 28 heavy (non-hydrogen) atoms. The van der Waals surface area contributed by atoms with Crippen LogP contribution in [-0.2, 0) is 13.1 Å². The molecule has 6 rings (SSSR count). The van der Waals surface area contributed by atoms with E-state index in [1.165, 1.54) is 0 Å². The van der Waals surface area contributed by atoms with Crippen LogP contribution in [0, 0.1) is 0 Å². The van der Waals surface area contributed by atoms with E-state index in [4.69, 9.17) is 4.42 Å². The van der Waals surface area contributed by atoms with Crippen molar-refractivity contribution in [3.8, 4) is 11.4 Å². The Morgan fingerprint density at radius 2 is 1.71 bits per heavy atom. The Kier molecular flexibility index (Phi) is 3.22. The molecule has 0 amide bonds. The van der Waals surface area contributed by atoms with Gasteiger partial charge in [0.05, 0.1) is 6.54 Å². The van der Waals surface area contributed by atoms with Crippen molar-refractivity contribution in [2.75, 3.05) is 11.4 Å². The SMILES string of the molecule is c1ccc(-c2nnc3n2CCN(c2ncnc4c2oc2ccccc24)C3)cc1. The van der Waals surface area contributed by atoms with Crippen molar-refractivity contribution in [3.63, 3.8) is 0 Å². The van der Waals surface area contributed by atoms with Crippen LogP contribution in [0.15, 0.2) is 65.3 Å². The smallest absolute Gasteiger partial charge is 0.196 e. The quantitative estimate of drug-likeness (QED) is 0.473. The zero-order valence-corrected chi connectivity index (χ0v) is 15.0. The normalized spacial score (nSPS) is 13.9. The van der Waals surface area contributed by atoms with Crippen LogP contribution in [0.5, 0.6) is 0 Å². The molecule has 4 heterocycles. The molecule has 2 aromatic carbocycles. The highest BCUT2D eigenvalue weighted by Gasteiger charge is 2.25. The fraction of sp³-hybridized carbons (Fsp3) is 0.143. The summed E-state index contributed by atoms with van der Waals surface area (Å²) in [4.78, 5) is 11.2. The van der Waals surface area contributed by atoms with Crippen LogP contribution < -0.4 is 4.90 Å². The van der Waals surface area contributed by atoms with Crippen LogP contribution in [0.1, 0.15) is 5.82 Å². The summed E-state index contributed by atoms with van der Waals surface area (Å²) in [5, 5.41) is 9.86. The third-order valence-electron chi connectivity index (χ3n) is 5.22. The Morgan fingerprint density at radius 3 is 2.64 bits per heavy atom. The van der Waals surface area contributed by atoms with E-state index in [1.807, 2.05) is 42.5 Å². The number of furan rings is 1. The Hall–Kier alpha value is -3.74. The first-order chi connectivity index (χ1) is 13.9. The molecule has 0 radical (unpaired) electrons. The van der Waals surface area contributed by atoms with Gasteiger partial charge in [0.15, 0.2) is 23.0 Å². The van der Waals surface area contributed by atoms with Crippen LogP contribution in [0.3, 0.4) is 0 Å². The minimum absolute atomic E-state index is 0.628. The van der Waals surface area contributed by atoms with E-state index in [0.29, 0.717) is 6.54 Å². The Balaban J connectivity index is 1.41. The van der Waals surface area contributed by atoms with Crippen molar-refractivity contribution in [2.24, 2.45) is 0 Å². The summed E-state index contributed by atoms with van der Waals surface area (Å²) < 4.78 is 8.27. The van der Waals surface area contributed by atoms with E-state index in [9.17, 15) is 0 Å². The fourth-order valence-corrected chi connectivity index (χ4v) is 3.88. The average Bonchev–Trinajstić information content (AvgIpc) is 3.35. The van der Waals surface area contributed by atoms with Gasteiger partial charge in [0.2, 0.25) is 0 Å². The highest BCUT2D eigenvalue weighted by Crippen LogP contribution is 2.33. The number of hydrogen-bond acceptors (Lipinski definition) is 6. The molecule has 136 valence electrons. The molecule has 0 N–H and O–H groups in total. The summed E-state index contributed by atoms with van der Waals surface area (Å²) >= 11 is 0. The molecule has 0 unspecified atom stereocenters. The van der Waals surface area contributed by atoms with Gasteiger partial charge in [-0.05, 0) is 12.1 Å². The number of fused-ring (bicyclic) bond motifs is 4. The first-order valence-electron chi connectivity index (χ1n) is 9.23. The van der Waals surface area contributed by atoms with Crippen LogP contribution in [-0.4, -0.2) is 31.3 Å². The summed E-state index contributed by atoms with van der Waals surface area (Å²) in [5.41, 5.74) is 3.47. The molecule has 0 atom stereocenters. The number of benzene rings is 2. The standard InChI is InChI=1S/C21H16N6O/c1-2-6-14(7-3-1)20-25-24-17-12-26(10-11-27(17)20)21-19-18(22-13-23-21)15-8-4-5-9-16(15)28-19/h1-9,13H,10-12H2. The maximum absolute atomic E-state index is 6.09. The first-order valence-corrected chi connectivity index (χ1v) is 9.23. The van der Waals surface area contributed by atoms with E-state index < -0.39 is 0 Å². The number of anilines is 1. The van der Waals surface area contributed by atoms with E-state index >= 15 is 0 Å². The number of nitrogens with zero attached hydrogens (tertiary/aromatic N) is 6. The second-order valence-electron chi connectivity index (χ2n) is 6.85. The molecule has 0 bridgehead atoms. The minimum atomic E-state index is 0.628. The highest BCUT2D eigenvalue weighted by molar-refractivity contribution is 6.05. The molecule has 1 aliphatic heterocycles. The predicted octanol–water partition coefficient (Wildman–Crippen LogP) is 3.65. The lowest BCUT2D eigenvalue weighted by molar-refractivity contribution is 0.556. The minimum Gasteiger partial charge on any atom is -0.450 e. The molecule has 5 aromatic rings. The summed E-state index contributed by atoms with van der Waals surface area (Å²) in [5.74, 6) is 2.64. The van der Waals surface area contributed by atoms with Crippen LogP contribution in [0.4, 0.5) is 5.82 Å². The van der Waals surface area contributed by atoms with E-state index in [2.05, 4.69) is 41.8 Å². The monoisotopic (exact) mass is 368 g/mol. The van der Waals surface area contributed by atoms with Crippen molar-refractivity contribution in [1.82, 2.24) is 24.7 Å². The van der Waals surface area contributed by atoms with Gasteiger partial charge in [0.1, 0.15) is 17.4 Å². The lowest BCUT2D eigenvalue weighted by atomic mass is 10.2. The largest absolute Gasteiger partial charge is 0.450 e.